The van der Waals surface area contributed by atoms with Crippen LogP contribution in [0.3, 0.4) is 0 Å². The van der Waals surface area contributed by atoms with Crippen molar-refractivity contribution in [1.29, 1.82) is 0 Å². The van der Waals surface area contributed by atoms with E-state index in [4.69, 9.17) is 28.4 Å². The molecule has 2 amide bonds. The van der Waals surface area contributed by atoms with Gasteiger partial charge in [-0.3, -0.25) is 9.59 Å². The maximum absolute atomic E-state index is 13.7. The van der Waals surface area contributed by atoms with Gasteiger partial charge >= 0.3 is 0 Å². The first-order valence-corrected chi connectivity index (χ1v) is 21.0. The molecule has 2 heterocycles. The zero-order valence-electron chi connectivity index (χ0n) is 37.4. The van der Waals surface area contributed by atoms with E-state index in [1.807, 2.05) is 83.5 Å². The molecule has 61 heavy (non-hydrogen) atoms. The first-order valence-electron chi connectivity index (χ1n) is 21.0. The van der Waals surface area contributed by atoms with Crippen molar-refractivity contribution in [3.63, 3.8) is 0 Å². The maximum atomic E-state index is 13.7. The molecular weight excluding hydrogens is 794 g/mol. The summed E-state index contributed by atoms with van der Waals surface area (Å²) in [4.78, 5) is 33.7. The number of aryl methyl sites for hydroxylation is 1. The molecule has 0 N–H and O–H groups in total. The first-order chi connectivity index (χ1) is 29.0. The fraction of sp³-hybridized carbons (Fsp3) is 0.469. The van der Waals surface area contributed by atoms with Gasteiger partial charge < -0.3 is 43.1 Å². The Hall–Kier alpha value is -5.13. The van der Waals surface area contributed by atoms with Crippen LogP contribution in [0.1, 0.15) is 64.8 Å². The number of rotatable bonds is 16. The molecule has 0 aromatic heterocycles. The van der Waals surface area contributed by atoms with Gasteiger partial charge in [-0.1, -0.05) is 18.2 Å². The van der Waals surface area contributed by atoms with Crippen molar-refractivity contribution in [2.45, 2.75) is 45.4 Å². The standard InChI is InChI=1S/C49H63N3O8.ClH/c1-32-24-38(14-15-41(32)40-29-44(57-6)47(60-9)45(30-40)58-7)49(54)52-22-18-34(19-23-52)26-35(31-50(2)3)25-33-16-20-51(21-17-33)48(53)37-12-10-36(11-13-37)39-27-42(55-4)46(59-8)43(28-39)56-5;/h10-15,24,27-30,33-35H,16-23,25-26,31H2,1-9H3;1H. The molecule has 11 nitrogen and oxygen atoms in total. The summed E-state index contributed by atoms with van der Waals surface area (Å²) in [6.45, 7) is 6.18. The molecule has 2 fully saturated rings. The van der Waals surface area contributed by atoms with E-state index in [-0.39, 0.29) is 24.2 Å². The number of hydrogen-bond acceptors (Lipinski definition) is 9. The number of carbonyl (C=O) groups is 2. The van der Waals surface area contributed by atoms with Crippen LogP contribution in [0.5, 0.6) is 34.5 Å². The lowest BCUT2D eigenvalue weighted by molar-refractivity contribution is 0.0653. The second-order valence-electron chi connectivity index (χ2n) is 16.5. The molecule has 4 aromatic carbocycles. The number of methoxy groups -OCH3 is 6. The summed E-state index contributed by atoms with van der Waals surface area (Å²) in [6, 6.07) is 21.4. The molecule has 1 atom stereocenters. The predicted molar refractivity (Wildman–Crippen MR) is 244 cm³/mol. The predicted octanol–water partition coefficient (Wildman–Crippen LogP) is 9.17. The number of nitrogens with zero attached hydrogens (tertiary/aromatic N) is 3. The number of ether oxygens (including phenoxy) is 6. The summed E-state index contributed by atoms with van der Waals surface area (Å²) in [6.07, 6.45) is 6.40. The van der Waals surface area contributed by atoms with Gasteiger partial charge in [-0.05, 0) is 154 Å². The third kappa shape index (κ3) is 11.0. The number of halogens is 1. The number of carbonyl (C=O) groups excluding carboxylic acids is 2. The molecule has 6 rings (SSSR count). The van der Waals surface area contributed by atoms with E-state index in [0.29, 0.717) is 63.4 Å². The third-order valence-corrected chi connectivity index (χ3v) is 12.3. The van der Waals surface area contributed by atoms with E-state index in [0.717, 1.165) is 86.2 Å². The lowest BCUT2D eigenvalue weighted by Gasteiger charge is -2.37. The lowest BCUT2D eigenvalue weighted by Crippen LogP contribution is -2.40. The Balaban J connectivity index is 0.00000704. The van der Waals surface area contributed by atoms with Gasteiger partial charge in [0.25, 0.3) is 11.8 Å². The van der Waals surface area contributed by atoms with Gasteiger partial charge in [0.1, 0.15) is 0 Å². The normalized spacial score (nSPS) is 15.2. The molecule has 0 spiro atoms. The first kappa shape index (κ1) is 46.9. The Kier molecular flexibility index (Phi) is 16.6. The number of piperidine rings is 2. The van der Waals surface area contributed by atoms with Crippen LogP contribution in [0, 0.1) is 24.7 Å². The van der Waals surface area contributed by atoms with E-state index >= 15 is 0 Å². The highest BCUT2D eigenvalue weighted by atomic mass is 35.5. The van der Waals surface area contributed by atoms with Crippen molar-refractivity contribution >= 4 is 24.2 Å². The zero-order valence-corrected chi connectivity index (χ0v) is 38.2. The highest BCUT2D eigenvalue weighted by molar-refractivity contribution is 5.96. The topological polar surface area (TPSA) is 99.2 Å². The molecule has 2 aliphatic heterocycles. The van der Waals surface area contributed by atoms with E-state index < -0.39 is 0 Å². The van der Waals surface area contributed by atoms with Gasteiger partial charge in [0.15, 0.2) is 23.0 Å². The molecule has 2 aliphatic rings. The fourth-order valence-corrected chi connectivity index (χ4v) is 9.22. The number of hydrogen-bond donors (Lipinski definition) is 0. The lowest BCUT2D eigenvalue weighted by atomic mass is 9.80. The Bertz CT molecular complexity index is 2040. The van der Waals surface area contributed by atoms with Gasteiger partial charge in [0.2, 0.25) is 11.5 Å². The van der Waals surface area contributed by atoms with E-state index in [1.165, 1.54) is 12.8 Å². The average Bonchev–Trinajstić information content (AvgIpc) is 3.27. The van der Waals surface area contributed by atoms with Crippen molar-refractivity contribution in [2.24, 2.45) is 17.8 Å². The zero-order chi connectivity index (χ0) is 42.9. The molecule has 0 radical (unpaired) electrons. The second-order valence-corrected chi connectivity index (χ2v) is 16.5. The van der Waals surface area contributed by atoms with Crippen molar-refractivity contribution in [2.75, 3.05) is 89.5 Å². The number of amides is 2. The molecule has 330 valence electrons. The molecule has 2 saturated heterocycles. The van der Waals surface area contributed by atoms with Crippen LogP contribution in [-0.2, 0) is 0 Å². The van der Waals surface area contributed by atoms with Crippen molar-refractivity contribution in [3.8, 4) is 56.8 Å². The molecular formula is C49H64ClN3O8. The Morgan fingerprint density at radius 2 is 0.984 bits per heavy atom. The molecule has 0 aliphatic carbocycles. The molecule has 4 aromatic rings. The third-order valence-electron chi connectivity index (χ3n) is 12.3. The summed E-state index contributed by atoms with van der Waals surface area (Å²) in [5.41, 5.74) is 6.24. The van der Waals surface area contributed by atoms with Crippen molar-refractivity contribution in [3.05, 3.63) is 83.4 Å². The highest BCUT2D eigenvalue weighted by Gasteiger charge is 2.30. The summed E-state index contributed by atoms with van der Waals surface area (Å²) < 4.78 is 33.2. The van der Waals surface area contributed by atoms with Gasteiger partial charge in [0, 0.05) is 43.9 Å². The van der Waals surface area contributed by atoms with E-state index in [9.17, 15) is 9.59 Å². The van der Waals surface area contributed by atoms with Gasteiger partial charge in [0.05, 0.1) is 42.7 Å². The molecule has 0 bridgehead atoms. The van der Waals surface area contributed by atoms with Gasteiger partial charge in [-0.2, -0.15) is 0 Å². The van der Waals surface area contributed by atoms with Gasteiger partial charge in [-0.25, -0.2) is 0 Å². The highest BCUT2D eigenvalue weighted by Crippen LogP contribution is 2.43. The number of likely N-dealkylation sites (tertiary alicyclic amines) is 2. The maximum Gasteiger partial charge on any atom is 0.253 e. The Morgan fingerprint density at radius 1 is 0.574 bits per heavy atom. The van der Waals surface area contributed by atoms with Crippen LogP contribution in [0.15, 0.2) is 66.7 Å². The van der Waals surface area contributed by atoms with Crippen molar-refractivity contribution in [1.82, 2.24) is 14.7 Å². The molecule has 12 heteroatoms. The van der Waals surface area contributed by atoms with Crippen LogP contribution in [0.4, 0.5) is 0 Å². The number of benzene rings is 4. The van der Waals surface area contributed by atoms with Crippen LogP contribution in [0.25, 0.3) is 22.3 Å². The monoisotopic (exact) mass is 857 g/mol. The minimum absolute atomic E-state index is 0. The summed E-state index contributed by atoms with van der Waals surface area (Å²) >= 11 is 0. The largest absolute Gasteiger partial charge is 0.493 e. The van der Waals surface area contributed by atoms with E-state index in [2.05, 4.69) is 19.0 Å². The fourth-order valence-electron chi connectivity index (χ4n) is 9.22. The summed E-state index contributed by atoms with van der Waals surface area (Å²) in [5.74, 6) is 5.39. The van der Waals surface area contributed by atoms with Crippen LogP contribution in [-0.4, -0.2) is 116 Å². The summed E-state index contributed by atoms with van der Waals surface area (Å²) in [5, 5.41) is 0. The van der Waals surface area contributed by atoms with E-state index in [1.54, 1.807) is 42.7 Å². The Labute approximate surface area is 368 Å². The smallest absolute Gasteiger partial charge is 0.253 e. The second kappa shape index (κ2) is 21.6. The minimum Gasteiger partial charge on any atom is -0.493 e. The van der Waals surface area contributed by atoms with Crippen LogP contribution >= 0.6 is 12.4 Å². The van der Waals surface area contributed by atoms with Gasteiger partial charge in [-0.15, -0.1) is 12.4 Å². The SMILES string of the molecule is COc1cc(-c2ccc(C(=O)N3CCC(CC(CC4CCN(C(=O)c5ccc(-c6cc(OC)c(OC)c(OC)c6)c(C)c5)CC4)CN(C)C)CC3)cc2)cc(OC)c1OC.Cl. The summed E-state index contributed by atoms with van der Waals surface area (Å²) in [7, 11) is 13.9. The quantitative estimate of drug-likeness (QED) is 0.109. The van der Waals surface area contributed by atoms with Crippen LogP contribution < -0.4 is 28.4 Å². The average molecular weight is 859 g/mol. The molecule has 0 saturated carbocycles. The van der Waals surface area contributed by atoms with Crippen LogP contribution in [0.2, 0.25) is 0 Å². The Morgan fingerprint density at radius 3 is 1.38 bits per heavy atom. The molecule has 1 unspecified atom stereocenters. The minimum atomic E-state index is 0. The van der Waals surface area contributed by atoms with Crippen molar-refractivity contribution < 1.29 is 38.0 Å².